The lowest BCUT2D eigenvalue weighted by atomic mass is 10.0. The summed E-state index contributed by atoms with van der Waals surface area (Å²) in [5.74, 6) is 0.397. The van der Waals surface area contributed by atoms with Crippen LogP contribution in [0.3, 0.4) is 0 Å². The van der Waals surface area contributed by atoms with Gasteiger partial charge in [-0.25, -0.2) is 15.3 Å². The maximum Gasteiger partial charge on any atom is 0.435 e. The number of amidine groups is 1. The second-order valence-electron chi connectivity index (χ2n) is 6.23. The van der Waals surface area contributed by atoms with Gasteiger partial charge in [0, 0.05) is 26.4 Å². The third-order valence-electron chi connectivity index (χ3n) is 4.10. The van der Waals surface area contributed by atoms with Crippen LogP contribution in [-0.2, 0) is 4.84 Å². The topological polar surface area (TPSA) is 88.0 Å². The average molecular weight is 529 g/mol. The molecule has 1 amide bonds. The molecular formula is C21H15Br2N5O2. The molecule has 4 rings (SSSR count). The highest BCUT2D eigenvalue weighted by molar-refractivity contribution is 9.10. The van der Waals surface area contributed by atoms with Crippen molar-refractivity contribution in [2.75, 3.05) is 11.9 Å². The number of aromatic nitrogens is 1. The van der Waals surface area contributed by atoms with Crippen LogP contribution in [-0.4, -0.2) is 29.2 Å². The summed E-state index contributed by atoms with van der Waals surface area (Å²) in [7, 11) is 0. The maximum absolute atomic E-state index is 12.1. The molecule has 1 aliphatic rings. The van der Waals surface area contributed by atoms with Crippen LogP contribution in [0.1, 0.15) is 11.3 Å². The first kappa shape index (κ1) is 20.2. The van der Waals surface area contributed by atoms with Crippen LogP contribution in [0.4, 0.5) is 16.2 Å². The van der Waals surface area contributed by atoms with E-state index in [-0.39, 0.29) is 6.54 Å². The minimum Gasteiger partial charge on any atom is -0.323 e. The number of halogens is 2. The summed E-state index contributed by atoms with van der Waals surface area (Å²) >= 11 is 6.85. The fourth-order valence-corrected chi connectivity index (χ4v) is 3.57. The summed E-state index contributed by atoms with van der Waals surface area (Å²) in [5.41, 5.74) is 6.19. The SMILES string of the molecule is O=C(Nc1cccc(Br)c1)ONC1=Nc2ccc(Br)cc2C(c2ccccn2)=NC1. The van der Waals surface area contributed by atoms with Crippen LogP contribution < -0.4 is 10.8 Å². The minimum atomic E-state index is -0.662. The third-order valence-corrected chi connectivity index (χ3v) is 5.08. The summed E-state index contributed by atoms with van der Waals surface area (Å²) in [4.78, 5) is 30.9. The summed E-state index contributed by atoms with van der Waals surface area (Å²) in [5, 5.41) is 2.64. The van der Waals surface area contributed by atoms with Gasteiger partial charge in [0.1, 0.15) is 6.54 Å². The highest BCUT2D eigenvalue weighted by atomic mass is 79.9. The summed E-state index contributed by atoms with van der Waals surface area (Å²) in [6.07, 6.45) is 1.06. The number of hydrogen-bond donors (Lipinski definition) is 2. The number of carbonyl (C=O) groups is 1. The van der Waals surface area contributed by atoms with Gasteiger partial charge in [-0.3, -0.25) is 15.3 Å². The van der Waals surface area contributed by atoms with Gasteiger partial charge < -0.3 is 4.84 Å². The number of rotatable bonds is 2. The van der Waals surface area contributed by atoms with Gasteiger partial charge in [-0.1, -0.05) is 44.0 Å². The molecule has 0 radical (unpaired) electrons. The van der Waals surface area contributed by atoms with E-state index in [0.29, 0.717) is 22.9 Å². The van der Waals surface area contributed by atoms with Crippen molar-refractivity contribution in [2.24, 2.45) is 9.98 Å². The van der Waals surface area contributed by atoms with E-state index < -0.39 is 6.09 Å². The van der Waals surface area contributed by atoms with Crippen LogP contribution in [0.2, 0.25) is 0 Å². The minimum absolute atomic E-state index is 0.197. The molecule has 150 valence electrons. The molecule has 30 heavy (non-hydrogen) atoms. The molecule has 1 aromatic heterocycles. The van der Waals surface area contributed by atoms with Crippen molar-refractivity contribution in [3.05, 3.63) is 87.1 Å². The van der Waals surface area contributed by atoms with E-state index in [9.17, 15) is 4.79 Å². The first-order valence-corrected chi connectivity index (χ1v) is 10.5. The Bertz CT molecular complexity index is 1150. The molecular weight excluding hydrogens is 514 g/mol. The Morgan fingerprint density at radius 1 is 1.00 bits per heavy atom. The number of hydroxylamine groups is 1. The molecule has 2 heterocycles. The Morgan fingerprint density at radius 2 is 1.87 bits per heavy atom. The van der Waals surface area contributed by atoms with Crippen molar-refractivity contribution >= 4 is 60.9 Å². The summed E-state index contributed by atoms with van der Waals surface area (Å²) in [6.45, 7) is 0.197. The fraction of sp³-hybridized carbons (Fsp3) is 0.0476. The van der Waals surface area contributed by atoms with E-state index in [0.717, 1.165) is 20.2 Å². The van der Waals surface area contributed by atoms with Gasteiger partial charge in [0.25, 0.3) is 0 Å². The number of carbonyl (C=O) groups excluding carboxylic acids is 1. The zero-order valence-corrected chi connectivity index (χ0v) is 18.6. The van der Waals surface area contributed by atoms with Gasteiger partial charge in [0.15, 0.2) is 5.84 Å². The second kappa shape index (κ2) is 9.19. The number of amides is 1. The van der Waals surface area contributed by atoms with E-state index >= 15 is 0 Å². The monoisotopic (exact) mass is 527 g/mol. The molecule has 1 aliphatic heterocycles. The molecule has 0 atom stereocenters. The number of pyridine rings is 1. The van der Waals surface area contributed by atoms with Gasteiger partial charge in [0.2, 0.25) is 0 Å². The highest BCUT2D eigenvalue weighted by Gasteiger charge is 2.18. The molecule has 3 aromatic rings. The molecule has 0 saturated heterocycles. The Labute approximate surface area is 189 Å². The molecule has 0 aliphatic carbocycles. The molecule has 0 saturated carbocycles. The molecule has 7 nitrogen and oxygen atoms in total. The normalized spacial score (nSPS) is 12.7. The number of benzene rings is 2. The van der Waals surface area contributed by atoms with E-state index in [1.165, 1.54) is 0 Å². The van der Waals surface area contributed by atoms with Crippen LogP contribution in [0.5, 0.6) is 0 Å². The van der Waals surface area contributed by atoms with Gasteiger partial charge in [-0.15, -0.1) is 0 Å². The zero-order chi connectivity index (χ0) is 20.9. The number of nitrogens with zero attached hydrogens (tertiary/aromatic N) is 3. The summed E-state index contributed by atoms with van der Waals surface area (Å²) < 4.78 is 1.75. The largest absolute Gasteiger partial charge is 0.435 e. The van der Waals surface area contributed by atoms with E-state index in [1.54, 1.807) is 18.3 Å². The van der Waals surface area contributed by atoms with E-state index in [4.69, 9.17) is 4.84 Å². The lowest BCUT2D eigenvalue weighted by molar-refractivity contribution is 0.134. The quantitative estimate of drug-likeness (QED) is 0.445. The predicted octanol–water partition coefficient (Wildman–Crippen LogP) is 5.24. The second-order valence-corrected chi connectivity index (χ2v) is 8.06. The Morgan fingerprint density at radius 3 is 2.67 bits per heavy atom. The van der Waals surface area contributed by atoms with Gasteiger partial charge in [0.05, 0.1) is 17.1 Å². The number of nitrogens with one attached hydrogen (secondary N) is 2. The predicted molar refractivity (Wildman–Crippen MR) is 123 cm³/mol. The zero-order valence-electron chi connectivity index (χ0n) is 15.5. The van der Waals surface area contributed by atoms with Crippen molar-refractivity contribution in [1.29, 1.82) is 0 Å². The van der Waals surface area contributed by atoms with Crippen LogP contribution in [0.15, 0.2) is 85.8 Å². The lowest BCUT2D eigenvalue weighted by Crippen LogP contribution is -2.31. The molecule has 2 aromatic carbocycles. The number of hydrogen-bond acceptors (Lipinski definition) is 6. The molecule has 9 heteroatoms. The van der Waals surface area contributed by atoms with Crippen LogP contribution in [0.25, 0.3) is 0 Å². The van der Waals surface area contributed by atoms with Gasteiger partial charge >= 0.3 is 6.09 Å². The van der Waals surface area contributed by atoms with Crippen LogP contribution >= 0.6 is 31.9 Å². The van der Waals surface area contributed by atoms with Gasteiger partial charge in [-0.2, -0.15) is 0 Å². The molecule has 2 N–H and O–H groups in total. The highest BCUT2D eigenvalue weighted by Crippen LogP contribution is 2.28. The van der Waals surface area contributed by atoms with Crippen LogP contribution in [0, 0.1) is 0 Å². The molecule has 0 spiro atoms. The van der Waals surface area contributed by atoms with Crippen molar-refractivity contribution in [3.63, 3.8) is 0 Å². The van der Waals surface area contributed by atoms with E-state index in [2.05, 4.69) is 57.6 Å². The Hall–Kier alpha value is -3.04. The number of anilines is 1. The Balaban J connectivity index is 1.53. The Kier molecular flexibility index (Phi) is 6.20. The summed E-state index contributed by atoms with van der Waals surface area (Å²) in [6, 6.07) is 18.5. The smallest absolute Gasteiger partial charge is 0.323 e. The van der Waals surface area contributed by atoms with E-state index in [1.807, 2.05) is 48.5 Å². The van der Waals surface area contributed by atoms with Crippen molar-refractivity contribution in [3.8, 4) is 0 Å². The van der Waals surface area contributed by atoms with Crippen molar-refractivity contribution in [2.45, 2.75) is 0 Å². The molecule has 0 unspecified atom stereocenters. The van der Waals surface area contributed by atoms with Crippen molar-refractivity contribution in [1.82, 2.24) is 10.5 Å². The van der Waals surface area contributed by atoms with Gasteiger partial charge in [-0.05, 0) is 48.5 Å². The van der Waals surface area contributed by atoms with Crippen molar-refractivity contribution < 1.29 is 9.63 Å². The third kappa shape index (κ3) is 4.92. The first-order chi connectivity index (χ1) is 14.6. The standard InChI is InChI=1S/C21H15Br2N5O2/c22-13-4-3-5-15(10-13)26-21(29)30-28-19-12-25-20(18-6-1-2-9-24-18)16-11-14(23)7-8-17(16)27-19/h1-11H,12H2,(H,26,29)(H,27,28). The maximum atomic E-state index is 12.1. The first-order valence-electron chi connectivity index (χ1n) is 8.91. The number of aliphatic imine (C=N–C) groups is 2. The average Bonchev–Trinajstić information content (AvgIpc) is 2.92. The number of fused-ring (bicyclic) bond motifs is 1. The molecule has 0 bridgehead atoms. The fourth-order valence-electron chi connectivity index (χ4n) is 2.81. The lowest BCUT2D eigenvalue weighted by Gasteiger charge is -2.09. The molecule has 0 fully saturated rings.